The fourth-order valence-electron chi connectivity index (χ4n) is 2.49. The molecule has 2 N–H and O–H groups in total. The number of halogens is 3. The Balaban J connectivity index is 1.69. The van der Waals surface area contributed by atoms with Gasteiger partial charge in [0.25, 0.3) is 11.7 Å². The largest absolute Gasteiger partial charge is 0.489 e. The van der Waals surface area contributed by atoms with Crippen molar-refractivity contribution in [3.05, 3.63) is 71.8 Å². The van der Waals surface area contributed by atoms with Crippen LogP contribution in [0.25, 0.3) is 11.3 Å². The topological polar surface area (TPSA) is 76.1 Å². The normalized spacial score (nSPS) is 11.1. The SMILES string of the molecule is [B]C(F)(F)C(=O)NNc1cnc(-c2cc(C)c(OCc3ccccc3)cc2F)cn1. The molecule has 2 radical (unpaired) electrons. The van der Waals surface area contributed by atoms with Gasteiger partial charge in [-0.2, -0.15) is 0 Å². The zero-order chi connectivity index (χ0) is 21.7. The van der Waals surface area contributed by atoms with E-state index in [9.17, 15) is 18.0 Å². The number of benzene rings is 2. The average Bonchev–Trinajstić information content (AvgIpc) is 2.73. The Morgan fingerprint density at radius 2 is 1.90 bits per heavy atom. The van der Waals surface area contributed by atoms with Crippen LogP contribution in [-0.4, -0.2) is 29.5 Å². The van der Waals surface area contributed by atoms with Gasteiger partial charge in [0.05, 0.1) is 18.1 Å². The van der Waals surface area contributed by atoms with Crippen LogP contribution in [0.4, 0.5) is 19.0 Å². The van der Waals surface area contributed by atoms with E-state index < -0.39 is 17.5 Å². The highest BCUT2D eigenvalue weighted by Crippen LogP contribution is 2.29. The van der Waals surface area contributed by atoms with Gasteiger partial charge >= 0.3 is 0 Å². The maximum atomic E-state index is 14.6. The van der Waals surface area contributed by atoms with E-state index in [4.69, 9.17) is 4.74 Å². The molecule has 3 rings (SSSR count). The summed E-state index contributed by atoms with van der Waals surface area (Å²) in [4.78, 5) is 19.0. The second-order valence-corrected chi connectivity index (χ2v) is 6.36. The molecule has 3 aromatic rings. The summed E-state index contributed by atoms with van der Waals surface area (Å²) in [5, 5.41) is 0. The van der Waals surface area contributed by atoms with Gasteiger partial charge in [0.1, 0.15) is 18.2 Å². The fourth-order valence-corrected chi connectivity index (χ4v) is 2.49. The molecular weight excluding hydrogens is 396 g/mol. The quantitative estimate of drug-likeness (QED) is 0.460. The van der Waals surface area contributed by atoms with Crippen molar-refractivity contribution in [1.29, 1.82) is 0 Å². The van der Waals surface area contributed by atoms with Gasteiger partial charge in [0.2, 0.25) is 0 Å². The van der Waals surface area contributed by atoms with Gasteiger partial charge in [-0.1, -0.05) is 30.3 Å². The van der Waals surface area contributed by atoms with Crippen molar-refractivity contribution in [2.24, 2.45) is 0 Å². The van der Waals surface area contributed by atoms with Gasteiger partial charge < -0.3 is 4.74 Å². The molecule has 0 saturated carbocycles. The molecule has 2 aromatic carbocycles. The van der Waals surface area contributed by atoms with E-state index in [1.807, 2.05) is 30.3 Å². The van der Waals surface area contributed by atoms with Crippen LogP contribution >= 0.6 is 0 Å². The summed E-state index contributed by atoms with van der Waals surface area (Å²) < 4.78 is 45.5. The number of alkyl halides is 2. The second-order valence-electron chi connectivity index (χ2n) is 6.36. The lowest BCUT2D eigenvalue weighted by atomic mass is 9.98. The summed E-state index contributed by atoms with van der Waals surface area (Å²) in [5.74, 6) is -5.96. The molecule has 0 aliphatic heterocycles. The Morgan fingerprint density at radius 3 is 2.53 bits per heavy atom. The molecule has 0 aliphatic carbocycles. The van der Waals surface area contributed by atoms with Crippen molar-refractivity contribution in [3.8, 4) is 17.0 Å². The predicted octanol–water partition coefficient (Wildman–Crippen LogP) is 3.37. The van der Waals surface area contributed by atoms with Crippen LogP contribution in [0.5, 0.6) is 5.75 Å². The first-order chi connectivity index (χ1) is 14.2. The minimum Gasteiger partial charge on any atom is -0.489 e. The van der Waals surface area contributed by atoms with Crippen LogP contribution in [0.1, 0.15) is 11.1 Å². The van der Waals surface area contributed by atoms with Gasteiger partial charge in [0, 0.05) is 11.6 Å². The van der Waals surface area contributed by atoms with Gasteiger partial charge in [-0.3, -0.25) is 20.6 Å². The van der Waals surface area contributed by atoms with Crippen molar-refractivity contribution in [1.82, 2.24) is 15.4 Å². The van der Waals surface area contributed by atoms with Gasteiger partial charge in [-0.05, 0) is 24.1 Å². The zero-order valence-electron chi connectivity index (χ0n) is 15.8. The Bertz CT molecular complexity index is 1030. The molecule has 0 fully saturated rings. The third-order valence-corrected chi connectivity index (χ3v) is 4.04. The zero-order valence-corrected chi connectivity index (χ0v) is 15.8. The van der Waals surface area contributed by atoms with E-state index >= 15 is 0 Å². The Morgan fingerprint density at radius 1 is 1.17 bits per heavy atom. The molecule has 0 saturated heterocycles. The molecule has 152 valence electrons. The van der Waals surface area contributed by atoms with Gasteiger partial charge in [-0.25, -0.2) is 18.2 Å². The Kier molecular flexibility index (Phi) is 6.24. The van der Waals surface area contributed by atoms with Crippen LogP contribution in [0.3, 0.4) is 0 Å². The van der Waals surface area contributed by atoms with Crippen molar-refractivity contribution >= 4 is 19.6 Å². The number of amides is 1. The number of nitrogens with zero attached hydrogens (tertiary/aromatic N) is 2. The Labute approximate surface area is 171 Å². The minimum atomic E-state index is -4.04. The molecule has 0 spiro atoms. The number of hydrogen-bond donors (Lipinski definition) is 2. The molecule has 1 aromatic heterocycles. The maximum Gasteiger partial charge on any atom is 0.297 e. The Hall–Kier alpha value is -3.56. The lowest BCUT2D eigenvalue weighted by Crippen LogP contribution is -2.43. The van der Waals surface area contributed by atoms with E-state index in [0.717, 1.165) is 11.8 Å². The molecule has 6 nitrogen and oxygen atoms in total. The van der Waals surface area contributed by atoms with Crippen molar-refractivity contribution in [3.63, 3.8) is 0 Å². The van der Waals surface area contributed by atoms with Gasteiger partial charge in [-0.15, -0.1) is 0 Å². The number of hydrazine groups is 1. The first-order valence-corrected chi connectivity index (χ1v) is 8.76. The highest BCUT2D eigenvalue weighted by atomic mass is 19.3. The highest BCUT2D eigenvalue weighted by molar-refractivity contribution is 6.25. The van der Waals surface area contributed by atoms with Crippen molar-refractivity contribution in [2.75, 3.05) is 5.43 Å². The molecule has 0 aliphatic rings. The van der Waals surface area contributed by atoms with Crippen molar-refractivity contribution < 1.29 is 22.7 Å². The van der Waals surface area contributed by atoms with Crippen molar-refractivity contribution in [2.45, 2.75) is 19.4 Å². The van der Waals surface area contributed by atoms with Gasteiger partial charge in [0.15, 0.2) is 13.7 Å². The number of carbonyl (C=O) groups is 1. The van der Waals surface area contributed by atoms with E-state index in [1.165, 1.54) is 12.3 Å². The molecule has 1 amide bonds. The molecule has 0 atom stereocenters. The van der Waals surface area contributed by atoms with Crippen LogP contribution in [0.2, 0.25) is 0 Å². The summed E-state index contributed by atoms with van der Waals surface area (Å²) in [6.45, 7) is 2.07. The highest BCUT2D eigenvalue weighted by Gasteiger charge is 2.31. The summed E-state index contributed by atoms with van der Waals surface area (Å²) >= 11 is 0. The first-order valence-electron chi connectivity index (χ1n) is 8.76. The summed E-state index contributed by atoms with van der Waals surface area (Å²) in [5.41, 5.74) is 5.90. The molecular formula is C20H16BF3N4O2. The number of hydrogen-bond acceptors (Lipinski definition) is 5. The van der Waals surface area contributed by atoms with Crippen LogP contribution in [-0.2, 0) is 11.4 Å². The number of aryl methyl sites for hydroxylation is 1. The molecule has 0 unspecified atom stereocenters. The lowest BCUT2D eigenvalue weighted by Gasteiger charge is -2.13. The number of carbonyl (C=O) groups excluding carboxylic acids is 1. The molecule has 1 heterocycles. The number of ether oxygens (including phenoxy) is 1. The lowest BCUT2D eigenvalue weighted by molar-refractivity contribution is -0.135. The molecule has 10 heteroatoms. The summed E-state index contributed by atoms with van der Waals surface area (Å²) in [7, 11) is 4.37. The monoisotopic (exact) mass is 412 g/mol. The summed E-state index contributed by atoms with van der Waals surface area (Å²) in [6, 6.07) is 12.3. The third-order valence-electron chi connectivity index (χ3n) is 4.04. The first kappa shape index (κ1) is 21.2. The number of rotatable bonds is 7. The van der Waals surface area contributed by atoms with E-state index in [2.05, 4.69) is 23.2 Å². The van der Waals surface area contributed by atoms with Crippen LogP contribution < -0.4 is 15.6 Å². The standard InChI is InChI=1S/C20H16BF3N4O2/c1-12-7-14(15(22)8-17(12)30-11-13-5-3-2-4-6-13)16-9-26-18(10-25-16)27-28-19(29)20(21,23)24/h2-10H,11H2,1H3,(H,26,27)(H,28,29). The second kappa shape index (κ2) is 8.85. The van der Waals surface area contributed by atoms with E-state index in [-0.39, 0.29) is 17.1 Å². The average molecular weight is 412 g/mol. The number of anilines is 1. The fraction of sp³-hybridized carbons (Fsp3) is 0.150. The number of aromatic nitrogens is 2. The number of nitrogens with one attached hydrogen (secondary N) is 2. The molecule has 0 bridgehead atoms. The predicted molar refractivity (Wildman–Crippen MR) is 105 cm³/mol. The smallest absolute Gasteiger partial charge is 0.297 e. The summed E-state index contributed by atoms with van der Waals surface area (Å²) in [6.07, 6.45) is 2.39. The van der Waals surface area contributed by atoms with Crippen LogP contribution in [0.15, 0.2) is 54.9 Å². The third kappa shape index (κ3) is 5.28. The minimum absolute atomic E-state index is 0.0312. The van der Waals surface area contributed by atoms with Crippen LogP contribution in [0, 0.1) is 12.7 Å². The van der Waals surface area contributed by atoms with E-state index in [1.54, 1.807) is 18.4 Å². The van der Waals surface area contributed by atoms with E-state index in [0.29, 0.717) is 17.9 Å². The molecule has 30 heavy (non-hydrogen) atoms. The maximum absolute atomic E-state index is 14.6.